The molecule has 5 rings (SSSR count). The summed E-state index contributed by atoms with van der Waals surface area (Å²) in [5.74, 6) is 0.617. The Bertz CT molecular complexity index is 832. The van der Waals surface area contributed by atoms with Crippen LogP contribution in [-0.2, 0) is 0 Å². The molecule has 3 fully saturated rings. The van der Waals surface area contributed by atoms with Gasteiger partial charge in [-0.25, -0.2) is 4.98 Å². The van der Waals surface area contributed by atoms with Crippen LogP contribution in [0.2, 0.25) is 0 Å². The van der Waals surface area contributed by atoms with Crippen LogP contribution < -0.4 is 5.32 Å². The molecule has 0 unspecified atom stereocenters. The second-order valence-electron chi connectivity index (χ2n) is 6.84. The van der Waals surface area contributed by atoms with Gasteiger partial charge in [0, 0.05) is 22.5 Å². The highest BCUT2D eigenvalue weighted by Crippen LogP contribution is 2.33. The Kier molecular flexibility index (Phi) is 4.98. The van der Waals surface area contributed by atoms with Crippen LogP contribution in [-0.4, -0.2) is 41.0 Å². The number of benzene rings is 1. The van der Waals surface area contributed by atoms with Gasteiger partial charge in [-0.3, -0.25) is 9.69 Å². The van der Waals surface area contributed by atoms with Crippen molar-refractivity contribution in [2.24, 2.45) is 5.92 Å². The third-order valence-corrected chi connectivity index (χ3v) is 7.40. The molecule has 2 bridgehead atoms. The van der Waals surface area contributed by atoms with Gasteiger partial charge in [0.15, 0.2) is 5.01 Å². The molecule has 0 saturated carbocycles. The van der Waals surface area contributed by atoms with Crippen LogP contribution in [0.15, 0.2) is 39.6 Å². The number of nitrogens with zero attached hydrogens (tertiary/aromatic N) is 3. The van der Waals surface area contributed by atoms with Crippen LogP contribution in [0.4, 0.5) is 0 Å². The Hall–Kier alpha value is -1.88. The zero-order valence-corrected chi connectivity index (χ0v) is 16.1. The zero-order chi connectivity index (χ0) is 18.1. The minimum Gasteiger partial charge on any atom is -0.347 e. The molecule has 0 aliphatic carbocycles. The van der Waals surface area contributed by atoms with E-state index in [1.54, 1.807) is 18.0 Å². The minimum atomic E-state index is 0.0108. The lowest BCUT2D eigenvalue weighted by Crippen LogP contribution is -2.62. The molecular weight excluding hydrogens is 364 g/mol. The summed E-state index contributed by atoms with van der Waals surface area (Å²) in [6, 6.07) is 10.4. The number of aromatic nitrogens is 1. The summed E-state index contributed by atoms with van der Waals surface area (Å²) >= 11 is 2.93. The number of rotatable bonds is 4. The van der Waals surface area contributed by atoms with Crippen molar-refractivity contribution in [2.75, 3.05) is 13.1 Å². The van der Waals surface area contributed by atoms with Crippen LogP contribution in [0.25, 0.3) is 0 Å². The van der Waals surface area contributed by atoms with Crippen molar-refractivity contribution in [3.8, 4) is 6.07 Å². The molecule has 4 heterocycles. The number of hydrogen-bond acceptors (Lipinski definition) is 6. The molecule has 0 spiro atoms. The second-order valence-corrected chi connectivity index (χ2v) is 9.24. The van der Waals surface area contributed by atoms with Gasteiger partial charge in [-0.1, -0.05) is 23.1 Å². The summed E-state index contributed by atoms with van der Waals surface area (Å²) in [6.45, 7) is 4.55. The van der Waals surface area contributed by atoms with Crippen molar-refractivity contribution in [1.82, 2.24) is 15.2 Å². The number of nitrogens with one attached hydrogen (secondary N) is 1. The first-order chi connectivity index (χ1) is 12.6. The van der Waals surface area contributed by atoms with E-state index in [-0.39, 0.29) is 11.9 Å². The molecule has 0 radical (unpaired) electrons. The maximum atomic E-state index is 12.7. The van der Waals surface area contributed by atoms with Gasteiger partial charge in [-0.15, -0.1) is 0 Å². The molecule has 3 saturated heterocycles. The highest BCUT2D eigenvalue weighted by atomic mass is 32.2. The number of carbonyl (C=O) groups excluding carboxylic acids is 1. The number of amides is 1. The predicted molar refractivity (Wildman–Crippen MR) is 102 cm³/mol. The topological polar surface area (TPSA) is 69.0 Å². The summed E-state index contributed by atoms with van der Waals surface area (Å²) in [6.07, 6.45) is 4.08. The highest BCUT2D eigenvalue weighted by molar-refractivity contribution is 8.01. The first-order valence-corrected chi connectivity index (χ1v) is 10.5. The lowest BCUT2D eigenvalue weighted by Gasteiger charge is -2.49. The molecule has 26 heavy (non-hydrogen) atoms. The highest BCUT2D eigenvalue weighted by Gasteiger charge is 2.40. The predicted octanol–water partition coefficient (Wildman–Crippen LogP) is 3.38. The average molecular weight is 385 g/mol. The first kappa shape index (κ1) is 17.5. The van der Waals surface area contributed by atoms with E-state index >= 15 is 0 Å². The van der Waals surface area contributed by atoms with Crippen LogP contribution in [0.1, 0.15) is 35.1 Å². The monoisotopic (exact) mass is 384 g/mol. The molecule has 7 heteroatoms. The minimum absolute atomic E-state index is 0.0108. The molecule has 5 nitrogen and oxygen atoms in total. The van der Waals surface area contributed by atoms with Gasteiger partial charge in [0.25, 0.3) is 5.91 Å². The maximum absolute atomic E-state index is 12.7. The molecule has 2 aromatic rings. The van der Waals surface area contributed by atoms with Gasteiger partial charge in [-0.2, -0.15) is 5.26 Å². The van der Waals surface area contributed by atoms with E-state index in [2.05, 4.69) is 22.1 Å². The fraction of sp³-hybridized carbons (Fsp3) is 0.421. The summed E-state index contributed by atoms with van der Waals surface area (Å²) in [5, 5.41) is 12.6. The Balaban J connectivity index is 1.40. The van der Waals surface area contributed by atoms with E-state index in [9.17, 15) is 4.79 Å². The van der Waals surface area contributed by atoms with Crippen molar-refractivity contribution in [2.45, 2.75) is 41.0 Å². The van der Waals surface area contributed by atoms with Gasteiger partial charge >= 0.3 is 0 Å². The van der Waals surface area contributed by atoms with E-state index in [0.29, 0.717) is 22.5 Å². The Labute approximate surface area is 161 Å². The first-order valence-electron chi connectivity index (χ1n) is 8.83. The molecule has 1 N–H and O–H groups in total. The molecule has 1 aromatic carbocycles. The largest absolute Gasteiger partial charge is 0.347 e. The smallest absolute Gasteiger partial charge is 0.251 e. The molecule has 134 valence electrons. The molecule has 1 aromatic heterocycles. The quantitative estimate of drug-likeness (QED) is 0.875. The summed E-state index contributed by atoms with van der Waals surface area (Å²) < 4.78 is 0.972. The molecular formula is C19H20N4OS2. The number of carbonyl (C=O) groups is 1. The fourth-order valence-electron chi connectivity index (χ4n) is 3.93. The molecule has 2 atom stereocenters. The number of piperidine rings is 3. The fourth-order valence-corrected chi connectivity index (χ4v) is 5.68. The normalized spacial score (nSPS) is 27.1. The lowest BCUT2D eigenvalue weighted by atomic mass is 9.79. The van der Waals surface area contributed by atoms with Crippen LogP contribution >= 0.6 is 23.1 Å². The second kappa shape index (κ2) is 7.39. The Morgan fingerprint density at radius 3 is 2.69 bits per heavy atom. The van der Waals surface area contributed by atoms with E-state index in [1.165, 1.54) is 24.2 Å². The third-order valence-electron chi connectivity index (χ3n) is 5.39. The molecule has 3 aliphatic rings. The summed E-state index contributed by atoms with van der Waals surface area (Å²) in [7, 11) is 0. The van der Waals surface area contributed by atoms with Gasteiger partial charge in [0.1, 0.15) is 6.07 Å². The number of thiazole rings is 1. The lowest BCUT2D eigenvalue weighted by molar-refractivity contribution is 0.0217. The molecule has 1 amide bonds. The number of fused-ring (bicyclic) bond motifs is 3. The standard InChI is InChI=1S/C19H20N4OS2/c1-12-18(13-6-8-23(12)9-7-13)22-19(24)14-2-4-15(5-3-14)25-17-11-21-16(10-20)26-17/h2-5,11-13,18H,6-9H2,1H3,(H,22,24)/t12-,18-/m0/s1. The number of nitriles is 1. The Morgan fingerprint density at radius 2 is 2.08 bits per heavy atom. The van der Waals surface area contributed by atoms with Crippen molar-refractivity contribution in [1.29, 1.82) is 5.26 Å². The van der Waals surface area contributed by atoms with Gasteiger partial charge in [-0.05, 0) is 63.0 Å². The van der Waals surface area contributed by atoms with Gasteiger partial charge in [0.2, 0.25) is 0 Å². The van der Waals surface area contributed by atoms with Crippen LogP contribution in [0, 0.1) is 17.2 Å². The molecule has 3 aliphatic heterocycles. The third kappa shape index (κ3) is 3.50. The van der Waals surface area contributed by atoms with E-state index < -0.39 is 0 Å². The Morgan fingerprint density at radius 1 is 1.35 bits per heavy atom. The zero-order valence-electron chi connectivity index (χ0n) is 14.5. The summed E-state index contributed by atoms with van der Waals surface area (Å²) in [4.78, 5) is 20.2. The van der Waals surface area contributed by atoms with Gasteiger partial charge < -0.3 is 5.32 Å². The van der Waals surface area contributed by atoms with Crippen molar-refractivity contribution in [3.63, 3.8) is 0 Å². The van der Waals surface area contributed by atoms with E-state index in [1.807, 2.05) is 30.3 Å². The van der Waals surface area contributed by atoms with Crippen molar-refractivity contribution in [3.05, 3.63) is 41.0 Å². The van der Waals surface area contributed by atoms with E-state index in [0.717, 1.165) is 22.2 Å². The van der Waals surface area contributed by atoms with Crippen molar-refractivity contribution < 1.29 is 4.79 Å². The summed E-state index contributed by atoms with van der Waals surface area (Å²) in [5.41, 5.74) is 0.694. The maximum Gasteiger partial charge on any atom is 0.251 e. The SMILES string of the molecule is C[C@H]1[C@H](NC(=O)c2ccc(Sc3cnc(C#N)s3)cc2)C2CCN1CC2. The number of hydrogen-bond donors (Lipinski definition) is 1. The van der Waals surface area contributed by atoms with Crippen LogP contribution in [0.3, 0.4) is 0 Å². The van der Waals surface area contributed by atoms with Crippen LogP contribution in [0.5, 0.6) is 0 Å². The average Bonchev–Trinajstić information content (AvgIpc) is 3.13. The van der Waals surface area contributed by atoms with E-state index in [4.69, 9.17) is 5.26 Å². The van der Waals surface area contributed by atoms with Gasteiger partial charge in [0.05, 0.1) is 10.4 Å². The van der Waals surface area contributed by atoms with Crippen molar-refractivity contribution >= 4 is 29.0 Å².